The molecule has 0 aliphatic carbocycles. The summed E-state index contributed by atoms with van der Waals surface area (Å²) in [6.07, 6.45) is 0. The van der Waals surface area contributed by atoms with Gasteiger partial charge in [-0.25, -0.2) is 18.7 Å². The number of benzene rings is 1. The normalized spacial score (nSPS) is 10.4. The van der Waals surface area contributed by atoms with Gasteiger partial charge in [-0.2, -0.15) is 0 Å². The van der Waals surface area contributed by atoms with Crippen molar-refractivity contribution in [1.82, 2.24) is 9.97 Å². The topological polar surface area (TPSA) is 37.8 Å². The summed E-state index contributed by atoms with van der Waals surface area (Å²) in [4.78, 5) is 8.10. The summed E-state index contributed by atoms with van der Waals surface area (Å²) >= 11 is 3.21. The molecule has 0 amide bonds. The molecule has 6 heteroatoms. The van der Waals surface area contributed by atoms with Gasteiger partial charge in [0.05, 0.1) is 5.69 Å². The van der Waals surface area contributed by atoms with Crippen molar-refractivity contribution in [2.45, 2.75) is 6.92 Å². The summed E-state index contributed by atoms with van der Waals surface area (Å²) < 4.78 is 26.7. The molecule has 0 saturated heterocycles. The molecule has 0 aliphatic rings. The van der Waals surface area contributed by atoms with E-state index < -0.39 is 11.6 Å². The quantitative estimate of drug-likeness (QED) is 0.862. The molecule has 0 bridgehead atoms. The van der Waals surface area contributed by atoms with E-state index in [0.29, 0.717) is 16.2 Å². The van der Waals surface area contributed by atoms with Gasteiger partial charge in [-0.05, 0) is 35.0 Å². The van der Waals surface area contributed by atoms with Crippen LogP contribution in [0.25, 0.3) is 0 Å². The Morgan fingerprint density at radius 1 is 1.18 bits per heavy atom. The Labute approximate surface area is 105 Å². The number of nitrogens with one attached hydrogen (secondary N) is 1. The van der Waals surface area contributed by atoms with Crippen LogP contribution in [0.2, 0.25) is 0 Å². The van der Waals surface area contributed by atoms with E-state index in [-0.39, 0.29) is 5.69 Å². The van der Waals surface area contributed by atoms with Crippen LogP contribution in [0, 0.1) is 18.6 Å². The molecular weight excluding hydrogens is 292 g/mol. The second kappa shape index (κ2) is 4.75. The number of aromatic nitrogens is 2. The van der Waals surface area contributed by atoms with Crippen LogP contribution in [0.1, 0.15) is 5.82 Å². The third-order valence-electron chi connectivity index (χ3n) is 2.00. The molecule has 3 nitrogen and oxygen atoms in total. The van der Waals surface area contributed by atoms with Gasteiger partial charge in [0.1, 0.15) is 27.9 Å². The van der Waals surface area contributed by atoms with Crippen LogP contribution in [0.15, 0.2) is 28.9 Å². The highest BCUT2D eigenvalue weighted by atomic mass is 79.9. The molecule has 2 rings (SSSR count). The van der Waals surface area contributed by atoms with E-state index in [2.05, 4.69) is 31.2 Å². The molecule has 0 radical (unpaired) electrons. The predicted molar refractivity (Wildman–Crippen MR) is 64.1 cm³/mol. The lowest BCUT2D eigenvalue weighted by atomic mass is 10.3. The number of rotatable bonds is 2. The minimum Gasteiger partial charge on any atom is -0.338 e. The highest BCUT2D eigenvalue weighted by Gasteiger charge is 2.06. The Balaban J connectivity index is 2.31. The number of anilines is 2. The molecular formula is C11H8BrF2N3. The third kappa shape index (κ3) is 2.97. The SMILES string of the molecule is Cc1nc(Br)cc(Nc2ccc(F)cc2F)n1. The Kier molecular flexibility index (Phi) is 3.33. The zero-order valence-corrected chi connectivity index (χ0v) is 10.4. The van der Waals surface area contributed by atoms with Crippen molar-refractivity contribution >= 4 is 27.4 Å². The Morgan fingerprint density at radius 3 is 2.59 bits per heavy atom. The van der Waals surface area contributed by atoms with Crippen LogP contribution in [-0.4, -0.2) is 9.97 Å². The maximum atomic E-state index is 13.4. The van der Waals surface area contributed by atoms with E-state index in [1.54, 1.807) is 13.0 Å². The van der Waals surface area contributed by atoms with E-state index in [4.69, 9.17) is 0 Å². The van der Waals surface area contributed by atoms with Crippen molar-refractivity contribution < 1.29 is 8.78 Å². The Morgan fingerprint density at radius 2 is 1.94 bits per heavy atom. The van der Waals surface area contributed by atoms with Gasteiger partial charge >= 0.3 is 0 Å². The summed E-state index contributed by atoms with van der Waals surface area (Å²) in [6.45, 7) is 1.72. The maximum absolute atomic E-state index is 13.4. The smallest absolute Gasteiger partial charge is 0.149 e. The second-order valence-electron chi connectivity index (χ2n) is 3.37. The van der Waals surface area contributed by atoms with Gasteiger partial charge in [0, 0.05) is 12.1 Å². The summed E-state index contributed by atoms with van der Waals surface area (Å²) in [5, 5.41) is 2.76. The first kappa shape index (κ1) is 11.9. The zero-order chi connectivity index (χ0) is 12.4. The van der Waals surface area contributed by atoms with Gasteiger partial charge in [0.15, 0.2) is 0 Å². The fourth-order valence-corrected chi connectivity index (χ4v) is 1.80. The molecule has 17 heavy (non-hydrogen) atoms. The lowest BCUT2D eigenvalue weighted by Gasteiger charge is -2.07. The van der Waals surface area contributed by atoms with Crippen LogP contribution in [0.5, 0.6) is 0 Å². The molecule has 88 valence electrons. The molecule has 2 aromatic rings. The highest BCUT2D eigenvalue weighted by Crippen LogP contribution is 2.21. The maximum Gasteiger partial charge on any atom is 0.149 e. The summed E-state index contributed by atoms with van der Waals surface area (Å²) in [5.41, 5.74) is 0.163. The van der Waals surface area contributed by atoms with Gasteiger partial charge in [0.2, 0.25) is 0 Å². The van der Waals surface area contributed by atoms with Crippen LogP contribution >= 0.6 is 15.9 Å². The van der Waals surface area contributed by atoms with Crippen molar-refractivity contribution in [3.63, 3.8) is 0 Å². The van der Waals surface area contributed by atoms with E-state index in [1.807, 2.05) is 0 Å². The van der Waals surface area contributed by atoms with Gasteiger partial charge < -0.3 is 5.32 Å². The van der Waals surface area contributed by atoms with Gasteiger partial charge in [-0.15, -0.1) is 0 Å². The van der Waals surface area contributed by atoms with Crippen molar-refractivity contribution in [3.8, 4) is 0 Å². The second-order valence-corrected chi connectivity index (χ2v) is 4.18. The minimum atomic E-state index is -0.669. The molecule has 0 saturated carbocycles. The molecule has 0 unspecified atom stereocenters. The first-order valence-corrected chi connectivity index (χ1v) is 5.57. The number of nitrogens with zero attached hydrogens (tertiary/aromatic N) is 2. The molecule has 0 spiro atoms. The fraction of sp³-hybridized carbons (Fsp3) is 0.0909. The summed E-state index contributed by atoms with van der Waals surface area (Å²) in [5.74, 6) is -0.301. The molecule has 0 atom stereocenters. The lowest BCUT2D eigenvalue weighted by molar-refractivity contribution is 0.586. The van der Waals surface area contributed by atoms with Crippen LogP contribution in [-0.2, 0) is 0 Å². The summed E-state index contributed by atoms with van der Waals surface area (Å²) in [7, 11) is 0. The van der Waals surface area contributed by atoms with Crippen LogP contribution in [0.4, 0.5) is 20.3 Å². The van der Waals surface area contributed by atoms with E-state index in [1.165, 1.54) is 12.1 Å². The number of halogens is 3. The van der Waals surface area contributed by atoms with Crippen molar-refractivity contribution in [3.05, 3.63) is 46.3 Å². The van der Waals surface area contributed by atoms with Crippen molar-refractivity contribution in [2.75, 3.05) is 5.32 Å². The molecule has 1 aromatic carbocycles. The highest BCUT2D eigenvalue weighted by molar-refractivity contribution is 9.10. The predicted octanol–water partition coefficient (Wildman–Crippen LogP) is 3.57. The molecule has 0 fully saturated rings. The third-order valence-corrected chi connectivity index (χ3v) is 2.41. The summed E-state index contributed by atoms with van der Waals surface area (Å²) in [6, 6.07) is 4.91. The molecule has 1 aromatic heterocycles. The Hall–Kier alpha value is -1.56. The van der Waals surface area contributed by atoms with Gasteiger partial charge in [-0.3, -0.25) is 0 Å². The number of aryl methyl sites for hydroxylation is 1. The Bertz CT molecular complexity index is 540. The first-order chi connectivity index (χ1) is 8.04. The molecule has 0 aliphatic heterocycles. The van der Waals surface area contributed by atoms with Gasteiger partial charge in [0.25, 0.3) is 0 Å². The van der Waals surface area contributed by atoms with E-state index in [9.17, 15) is 8.78 Å². The molecule has 1 heterocycles. The largest absolute Gasteiger partial charge is 0.338 e. The number of hydrogen-bond donors (Lipinski definition) is 1. The van der Waals surface area contributed by atoms with Crippen LogP contribution < -0.4 is 5.32 Å². The lowest BCUT2D eigenvalue weighted by Crippen LogP contribution is -1.99. The standard InChI is InChI=1S/C11H8BrF2N3/c1-6-15-10(12)5-11(16-6)17-9-3-2-7(13)4-8(9)14/h2-5H,1H3,(H,15,16,17). The van der Waals surface area contributed by atoms with Crippen molar-refractivity contribution in [2.24, 2.45) is 0 Å². The first-order valence-electron chi connectivity index (χ1n) is 4.78. The molecule has 1 N–H and O–H groups in total. The number of hydrogen-bond acceptors (Lipinski definition) is 3. The van der Waals surface area contributed by atoms with Gasteiger partial charge in [-0.1, -0.05) is 0 Å². The fourth-order valence-electron chi connectivity index (χ4n) is 1.32. The van der Waals surface area contributed by atoms with Crippen LogP contribution in [0.3, 0.4) is 0 Å². The minimum absolute atomic E-state index is 0.163. The average molecular weight is 300 g/mol. The zero-order valence-electron chi connectivity index (χ0n) is 8.84. The van der Waals surface area contributed by atoms with E-state index >= 15 is 0 Å². The van der Waals surface area contributed by atoms with E-state index in [0.717, 1.165) is 6.07 Å². The average Bonchev–Trinajstić information content (AvgIpc) is 2.21. The monoisotopic (exact) mass is 299 g/mol. The van der Waals surface area contributed by atoms with Crippen molar-refractivity contribution in [1.29, 1.82) is 0 Å².